The van der Waals surface area contributed by atoms with Gasteiger partial charge in [0.2, 0.25) is 10.0 Å². The van der Waals surface area contributed by atoms with Crippen LogP contribution >= 0.6 is 11.6 Å². The molecule has 0 atom stereocenters. The molecule has 1 N–H and O–H groups in total. The number of piperazine rings is 1. The smallest absolute Gasteiger partial charge is 0.228 e. The molecule has 3 rings (SSSR count). The molecule has 2 aliphatic rings. The van der Waals surface area contributed by atoms with Gasteiger partial charge in [-0.05, 0) is 24.5 Å². The zero-order valence-electron chi connectivity index (χ0n) is 13.2. The van der Waals surface area contributed by atoms with E-state index in [1.165, 1.54) is 25.7 Å². The molecule has 23 heavy (non-hydrogen) atoms. The molecule has 0 aromatic heterocycles. The molecule has 1 aliphatic heterocycles. The summed E-state index contributed by atoms with van der Waals surface area (Å²) >= 11 is 6.05. The average molecular weight is 358 g/mol. The number of nitrogens with one attached hydrogen (secondary N) is 1. The van der Waals surface area contributed by atoms with Crippen LogP contribution in [0.1, 0.15) is 31.2 Å². The van der Waals surface area contributed by atoms with Crippen LogP contribution in [0.25, 0.3) is 0 Å². The van der Waals surface area contributed by atoms with Crippen molar-refractivity contribution in [1.82, 2.24) is 14.7 Å². The van der Waals surface area contributed by atoms with Crippen LogP contribution in [0.3, 0.4) is 0 Å². The van der Waals surface area contributed by atoms with E-state index in [9.17, 15) is 8.42 Å². The maximum absolute atomic E-state index is 12.3. The molecule has 0 unspecified atom stereocenters. The van der Waals surface area contributed by atoms with Gasteiger partial charge in [-0.3, -0.25) is 4.90 Å². The Morgan fingerprint density at radius 2 is 1.74 bits per heavy atom. The summed E-state index contributed by atoms with van der Waals surface area (Å²) in [7, 11) is -3.42. The summed E-state index contributed by atoms with van der Waals surface area (Å²) in [6.07, 6.45) is 5.24. The summed E-state index contributed by atoms with van der Waals surface area (Å²) in [5.41, 5.74) is 0.631. The summed E-state index contributed by atoms with van der Waals surface area (Å²) < 4.78 is 24.7. The SMILES string of the molecule is O=S(=O)(Cc1ccccc1Cl)NN1CCN(C2CCCC2)CC1. The summed E-state index contributed by atoms with van der Waals surface area (Å²) in [5, 5.41) is 2.31. The lowest BCUT2D eigenvalue weighted by atomic mass is 10.2. The largest absolute Gasteiger partial charge is 0.298 e. The third-order valence-corrected chi connectivity index (χ3v) is 6.32. The number of hydrazine groups is 1. The van der Waals surface area contributed by atoms with E-state index in [1.54, 1.807) is 24.3 Å². The van der Waals surface area contributed by atoms with Gasteiger partial charge in [-0.15, -0.1) is 4.83 Å². The van der Waals surface area contributed by atoms with Crippen LogP contribution in [0.15, 0.2) is 24.3 Å². The fourth-order valence-electron chi connectivity index (χ4n) is 3.50. The number of benzene rings is 1. The Morgan fingerprint density at radius 3 is 2.39 bits per heavy atom. The van der Waals surface area contributed by atoms with Gasteiger partial charge in [0.05, 0.1) is 5.75 Å². The molecule has 128 valence electrons. The molecular weight excluding hydrogens is 334 g/mol. The number of hydrogen-bond donors (Lipinski definition) is 1. The maximum atomic E-state index is 12.3. The van der Waals surface area contributed by atoms with Crippen LogP contribution in [0.5, 0.6) is 0 Å². The van der Waals surface area contributed by atoms with E-state index >= 15 is 0 Å². The minimum Gasteiger partial charge on any atom is -0.298 e. The van der Waals surface area contributed by atoms with Crippen LogP contribution in [-0.2, 0) is 15.8 Å². The van der Waals surface area contributed by atoms with Crippen LogP contribution in [0.2, 0.25) is 5.02 Å². The molecule has 0 spiro atoms. The Bertz CT molecular complexity index is 624. The third kappa shape index (κ3) is 4.67. The molecule has 0 radical (unpaired) electrons. The molecule has 1 aliphatic carbocycles. The highest BCUT2D eigenvalue weighted by atomic mass is 35.5. The molecular formula is C16H24ClN3O2S. The quantitative estimate of drug-likeness (QED) is 0.878. The number of sulfonamides is 1. The monoisotopic (exact) mass is 357 g/mol. The summed E-state index contributed by atoms with van der Waals surface area (Å²) in [4.78, 5) is 5.21. The predicted octanol–water partition coefficient (Wildman–Crippen LogP) is 2.23. The van der Waals surface area contributed by atoms with Crippen molar-refractivity contribution in [2.45, 2.75) is 37.5 Å². The van der Waals surface area contributed by atoms with E-state index in [-0.39, 0.29) is 5.75 Å². The lowest BCUT2D eigenvalue weighted by Crippen LogP contribution is -2.55. The molecule has 2 fully saturated rings. The van der Waals surface area contributed by atoms with E-state index in [4.69, 9.17) is 11.6 Å². The van der Waals surface area contributed by atoms with Gasteiger partial charge >= 0.3 is 0 Å². The van der Waals surface area contributed by atoms with Gasteiger partial charge in [0.15, 0.2) is 0 Å². The maximum Gasteiger partial charge on any atom is 0.228 e. The van der Waals surface area contributed by atoms with Crippen molar-refractivity contribution < 1.29 is 8.42 Å². The minimum atomic E-state index is -3.42. The standard InChI is InChI=1S/C16H24ClN3O2S/c17-16-8-4-1-5-14(16)13-23(21,22)18-20-11-9-19(10-12-20)15-6-2-3-7-15/h1,4-5,8,15,18H,2-3,6-7,9-13H2. The van der Waals surface area contributed by atoms with E-state index in [1.807, 2.05) is 5.01 Å². The Kier molecular flexibility index (Phi) is 5.59. The number of hydrogen-bond acceptors (Lipinski definition) is 4. The first-order chi connectivity index (χ1) is 11.0. The summed E-state index contributed by atoms with van der Waals surface area (Å²) in [6, 6.07) is 7.77. The van der Waals surface area contributed by atoms with E-state index < -0.39 is 10.0 Å². The first-order valence-electron chi connectivity index (χ1n) is 8.26. The normalized spacial score (nSPS) is 21.8. The second-order valence-corrected chi connectivity index (χ2v) is 8.51. The average Bonchev–Trinajstić information content (AvgIpc) is 3.04. The number of nitrogens with zero attached hydrogens (tertiary/aromatic N) is 2. The van der Waals surface area contributed by atoms with Crippen molar-refractivity contribution in [2.24, 2.45) is 0 Å². The molecule has 1 aromatic rings. The van der Waals surface area contributed by atoms with Crippen molar-refractivity contribution in [3.8, 4) is 0 Å². The first-order valence-corrected chi connectivity index (χ1v) is 10.3. The fraction of sp³-hybridized carbons (Fsp3) is 0.625. The molecule has 1 aromatic carbocycles. The third-order valence-electron chi connectivity index (χ3n) is 4.73. The van der Waals surface area contributed by atoms with Crippen molar-refractivity contribution >= 4 is 21.6 Å². The van der Waals surface area contributed by atoms with Gasteiger partial charge < -0.3 is 0 Å². The first kappa shape index (κ1) is 17.2. The zero-order valence-corrected chi connectivity index (χ0v) is 14.8. The van der Waals surface area contributed by atoms with Gasteiger partial charge in [0.25, 0.3) is 0 Å². The second kappa shape index (κ2) is 7.49. The van der Waals surface area contributed by atoms with Gasteiger partial charge in [0.1, 0.15) is 0 Å². The van der Waals surface area contributed by atoms with Gasteiger partial charge in [-0.2, -0.15) is 0 Å². The fourth-order valence-corrected chi connectivity index (χ4v) is 5.08. The molecule has 0 bridgehead atoms. The van der Waals surface area contributed by atoms with Crippen molar-refractivity contribution in [2.75, 3.05) is 26.2 Å². The van der Waals surface area contributed by atoms with Crippen molar-refractivity contribution in [3.63, 3.8) is 0 Å². The highest BCUT2D eigenvalue weighted by Gasteiger charge is 2.27. The molecule has 1 saturated carbocycles. The van der Waals surface area contributed by atoms with Crippen molar-refractivity contribution in [3.05, 3.63) is 34.9 Å². The second-order valence-electron chi connectivity index (χ2n) is 6.40. The van der Waals surface area contributed by atoms with Gasteiger partial charge in [-0.1, -0.05) is 42.6 Å². The molecule has 5 nitrogen and oxygen atoms in total. The Labute approximate surface area is 143 Å². The number of halogens is 1. The highest BCUT2D eigenvalue weighted by Crippen LogP contribution is 2.24. The topological polar surface area (TPSA) is 52.7 Å². The van der Waals surface area contributed by atoms with E-state index in [0.29, 0.717) is 16.6 Å². The Hall–Kier alpha value is -0.660. The molecule has 1 saturated heterocycles. The van der Waals surface area contributed by atoms with Gasteiger partial charge in [0, 0.05) is 37.2 Å². The summed E-state index contributed by atoms with van der Waals surface area (Å²) in [6.45, 7) is 3.33. The molecule has 1 heterocycles. The predicted molar refractivity (Wildman–Crippen MR) is 92.6 cm³/mol. The van der Waals surface area contributed by atoms with Crippen LogP contribution in [0.4, 0.5) is 0 Å². The van der Waals surface area contributed by atoms with E-state index in [2.05, 4.69) is 9.73 Å². The minimum absolute atomic E-state index is 0.0878. The Balaban J connectivity index is 1.52. The lowest BCUT2D eigenvalue weighted by molar-refractivity contribution is 0.0850. The Morgan fingerprint density at radius 1 is 1.09 bits per heavy atom. The van der Waals surface area contributed by atoms with Crippen LogP contribution < -0.4 is 4.83 Å². The highest BCUT2D eigenvalue weighted by molar-refractivity contribution is 7.88. The number of rotatable bonds is 5. The molecule has 0 amide bonds. The summed E-state index contributed by atoms with van der Waals surface area (Å²) in [5.74, 6) is -0.0878. The molecule has 7 heteroatoms. The lowest BCUT2D eigenvalue weighted by Gasteiger charge is -2.37. The van der Waals surface area contributed by atoms with Crippen LogP contribution in [-0.4, -0.2) is 50.5 Å². The van der Waals surface area contributed by atoms with Crippen LogP contribution in [0, 0.1) is 0 Å². The van der Waals surface area contributed by atoms with Crippen molar-refractivity contribution in [1.29, 1.82) is 0 Å². The van der Waals surface area contributed by atoms with Gasteiger partial charge in [-0.25, -0.2) is 13.4 Å². The zero-order chi connectivity index (χ0) is 16.3. The van der Waals surface area contributed by atoms with E-state index in [0.717, 1.165) is 26.2 Å².